The van der Waals surface area contributed by atoms with Crippen LogP contribution in [0.4, 0.5) is 10.5 Å². The minimum Gasteiger partial charge on any atom is -0.480 e. The molecule has 0 saturated carbocycles. The Morgan fingerprint density at radius 3 is 2.55 bits per heavy atom. The lowest BCUT2D eigenvalue weighted by atomic mass is 10.0. The molecule has 0 aromatic heterocycles. The molecule has 3 N–H and O–H groups in total. The smallest absolute Gasteiger partial charge is 0.326 e. The molecular formula is C14H19BrN2O3. The Bertz CT molecular complexity index is 503. The highest BCUT2D eigenvalue weighted by Crippen LogP contribution is 2.23. The van der Waals surface area contributed by atoms with Crippen molar-refractivity contribution in [1.29, 1.82) is 0 Å². The van der Waals surface area contributed by atoms with Crippen LogP contribution in [0.1, 0.15) is 25.8 Å². The van der Waals surface area contributed by atoms with E-state index in [2.05, 4.69) is 26.6 Å². The second-order valence-electron chi connectivity index (χ2n) is 5.03. The molecule has 0 saturated heterocycles. The number of hydrogen-bond donors (Lipinski definition) is 3. The SMILES string of the molecule is Cc1c(Br)cccc1NC(=O)N[C@@H](CC(C)C)C(=O)O. The molecule has 1 atom stereocenters. The fourth-order valence-corrected chi connectivity index (χ4v) is 2.12. The van der Waals surface area contributed by atoms with Crippen LogP contribution in [0.5, 0.6) is 0 Å². The van der Waals surface area contributed by atoms with E-state index >= 15 is 0 Å². The van der Waals surface area contributed by atoms with Gasteiger partial charge in [0, 0.05) is 10.2 Å². The van der Waals surface area contributed by atoms with Crippen LogP contribution in [-0.2, 0) is 4.79 Å². The predicted octanol–water partition coefficient (Wildman–Crippen LogP) is 3.38. The molecular weight excluding hydrogens is 324 g/mol. The fourth-order valence-electron chi connectivity index (χ4n) is 1.75. The maximum atomic E-state index is 11.9. The average molecular weight is 343 g/mol. The fraction of sp³-hybridized carbons (Fsp3) is 0.429. The molecule has 0 fully saturated rings. The zero-order valence-corrected chi connectivity index (χ0v) is 13.3. The van der Waals surface area contributed by atoms with E-state index in [0.29, 0.717) is 12.1 Å². The van der Waals surface area contributed by atoms with Crippen molar-refractivity contribution < 1.29 is 14.7 Å². The summed E-state index contributed by atoms with van der Waals surface area (Å²) >= 11 is 3.38. The first kappa shape index (κ1) is 16.5. The Hall–Kier alpha value is -1.56. The van der Waals surface area contributed by atoms with Crippen LogP contribution in [0.15, 0.2) is 22.7 Å². The van der Waals surface area contributed by atoms with Crippen molar-refractivity contribution in [1.82, 2.24) is 5.32 Å². The van der Waals surface area contributed by atoms with Gasteiger partial charge in [0.05, 0.1) is 0 Å². The zero-order valence-electron chi connectivity index (χ0n) is 11.7. The third-order valence-electron chi connectivity index (χ3n) is 2.83. The first-order valence-corrected chi connectivity index (χ1v) is 7.16. The third kappa shape index (κ3) is 4.85. The first-order valence-electron chi connectivity index (χ1n) is 6.36. The topological polar surface area (TPSA) is 78.4 Å². The molecule has 5 nitrogen and oxygen atoms in total. The monoisotopic (exact) mass is 342 g/mol. The van der Waals surface area contributed by atoms with E-state index < -0.39 is 18.0 Å². The van der Waals surface area contributed by atoms with Crippen molar-refractivity contribution in [3.63, 3.8) is 0 Å². The molecule has 0 unspecified atom stereocenters. The zero-order chi connectivity index (χ0) is 15.3. The first-order chi connectivity index (χ1) is 9.31. The van der Waals surface area contributed by atoms with Crippen molar-refractivity contribution in [3.05, 3.63) is 28.2 Å². The number of benzene rings is 1. The van der Waals surface area contributed by atoms with Gasteiger partial charge in [0.15, 0.2) is 0 Å². The van der Waals surface area contributed by atoms with E-state index in [1.807, 2.05) is 26.8 Å². The summed E-state index contributed by atoms with van der Waals surface area (Å²) in [6.07, 6.45) is 0.389. The molecule has 0 spiro atoms. The standard InChI is InChI=1S/C14H19BrN2O3/c1-8(2)7-12(13(18)19)17-14(20)16-11-6-4-5-10(15)9(11)3/h4-6,8,12H,7H2,1-3H3,(H,18,19)(H2,16,17,20)/t12-/m0/s1. The van der Waals surface area contributed by atoms with Gasteiger partial charge >= 0.3 is 12.0 Å². The van der Waals surface area contributed by atoms with Crippen molar-refractivity contribution >= 4 is 33.6 Å². The summed E-state index contributed by atoms with van der Waals surface area (Å²) in [6.45, 7) is 5.68. The summed E-state index contributed by atoms with van der Waals surface area (Å²) in [4.78, 5) is 23.0. The molecule has 110 valence electrons. The van der Waals surface area contributed by atoms with Crippen molar-refractivity contribution in [2.24, 2.45) is 5.92 Å². The Kier molecular flexibility index (Phi) is 6.01. The average Bonchev–Trinajstić information content (AvgIpc) is 2.33. The predicted molar refractivity (Wildman–Crippen MR) is 81.9 cm³/mol. The number of carboxylic acid groups (broad SMARTS) is 1. The van der Waals surface area contributed by atoms with Crippen molar-refractivity contribution in [3.8, 4) is 0 Å². The highest BCUT2D eigenvalue weighted by molar-refractivity contribution is 9.10. The quantitative estimate of drug-likeness (QED) is 0.767. The summed E-state index contributed by atoms with van der Waals surface area (Å²) in [5.74, 6) is -0.844. The van der Waals surface area contributed by atoms with E-state index in [4.69, 9.17) is 5.11 Å². The van der Waals surface area contributed by atoms with Crippen LogP contribution in [0.3, 0.4) is 0 Å². The number of halogens is 1. The highest BCUT2D eigenvalue weighted by Gasteiger charge is 2.21. The second-order valence-corrected chi connectivity index (χ2v) is 5.89. The van der Waals surface area contributed by atoms with Crippen LogP contribution in [0.2, 0.25) is 0 Å². The van der Waals surface area contributed by atoms with Gasteiger partial charge in [0.2, 0.25) is 0 Å². The van der Waals surface area contributed by atoms with E-state index in [9.17, 15) is 9.59 Å². The molecule has 0 heterocycles. The third-order valence-corrected chi connectivity index (χ3v) is 3.69. The largest absolute Gasteiger partial charge is 0.480 e. The lowest BCUT2D eigenvalue weighted by Crippen LogP contribution is -2.43. The van der Waals surface area contributed by atoms with Gasteiger partial charge in [0.1, 0.15) is 6.04 Å². The Morgan fingerprint density at radius 2 is 2.00 bits per heavy atom. The molecule has 0 radical (unpaired) electrons. The van der Waals surface area contributed by atoms with Crippen molar-refractivity contribution in [2.45, 2.75) is 33.2 Å². The van der Waals surface area contributed by atoms with E-state index in [1.54, 1.807) is 12.1 Å². The number of rotatable bonds is 5. The van der Waals surface area contributed by atoms with Gasteiger partial charge < -0.3 is 15.7 Å². The minimum absolute atomic E-state index is 0.184. The van der Waals surface area contributed by atoms with E-state index in [0.717, 1.165) is 10.0 Å². The number of urea groups is 1. The van der Waals surface area contributed by atoms with Crippen LogP contribution < -0.4 is 10.6 Å². The number of nitrogens with one attached hydrogen (secondary N) is 2. The Balaban J connectivity index is 2.71. The lowest BCUT2D eigenvalue weighted by Gasteiger charge is -2.17. The van der Waals surface area contributed by atoms with Crippen molar-refractivity contribution in [2.75, 3.05) is 5.32 Å². The summed E-state index contributed by atoms with van der Waals surface area (Å²) in [5, 5.41) is 14.2. The summed E-state index contributed by atoms with van der Waals surface area (Å²) < 4.78 is 0.882. The number of anilines is 1. The van der Waals surface area contributed by atoms with Gasteiger partial charge in [-0.2, -0.15) is 0 Å². The van der Waals surface area contributed by atoms with Gasteiger partial charge in [-0.1, -0.05) is 35.8 Å². The van der Waals surface area contributed by atoms with Gasteiger partial charge in [-0.05, 0) is 37.0 Å². The number of carbonyl (C=O) groups excluding carboxylic acids is 1. The number of carbonyl (C=O) groups is 2. The van der Waals surface area contributed by atoms with Gasteiger partial charge in [-0.3, -0.25) is 0 Å². The molecule has 6 heteroatoms. The van der Waals surface area contributed by atoms with Crippen LogP contribution in [-0.4, -0.2) is 23.1 Å². The number of amides is 2. The molecule has 20 heavy (non-hydrogen) atoms. The van der Waals surface area contributed by atoms with Gasteiger partial charge in [-0.15, -0.1) is 0 Å². The summed E-state index contributed by atoms with van der Waals surface area (Å²) in [7, 11) is 0. The summed E-state index contributed by atoms with van der Waals surface area (Å²) in [5.41, 5.74) is 1.53. The molecule has 1 aromatic rings. The minimum atomic E-state index is -1.03. The molecule has 0 aliphatic carbocycles. The number of aliphatic carboxylic acids is 1. The molecule has 2 amide bonds. The normalized spacial score (nSPS) is 12.1. The van der Waals surface area contributed by atoms with Gasteiger partial charge in [0.25, 0.3) is 0 Å². The number of hydrogen-bond acceptors (Lipinski definition) is 2. The van der Waals surface area contributed by atoms with Gasteiger partial charge in [-0.25, -0.2) is 9.59 Å². The molecule has 0 aliphatic rings. The highest BCUT2D eigenvalue weighted by atomic mass is 79.9. The van der Waals surface area contributed by atoms with E-state index in [-0.39, 0.29) is 5.92 Å². The molecule has 1 rings (SSSR count). The lowest BCUT2D eigenvalue weighted by molar-refractivity contribution is -0.139. The van der Waals surface area contributed by atoms with Crippen LogP contribution in [0, 0.1) is 12.8 Å². The maximum absolute atomic E-state index is 11.9. The second kappa shape index (κ2) is 7.28. The molecule has 0 bridgehead atoms. The van der Waals surface area contributed by atoms with Crippen LogP contribution in [0.25, 0.3) is 0 Å². The Labute approximate surface area is 126 Å². The summed E-state index contributed by atoms with van der Waals surface area (Å²) in [6, 6.07) is 4.03. The maximum Gasteiger partial charge on any atom is 0.326 e. The van der Waals surface area contributed by atoms with E-state index in [1.165, 1.54) is 0 Å². The molecule has 1 aromatic carbocycles. The Morgan fingerprint density at radius 1 is 1.35 bits per heavy atom. The van der Waals surface area contributed by atoms with Crippen LogP contribution >= 0.6 is 15.9 Å². The number of carboxylic acids is 1. The molecule has 0 aliphatic heterocycles.